The van der Waals surface area contributed by atoms with Crippen LogP contribution in [0.4, 0.5) is 11.4 Å². The third-order valence-electron chi connectivity index (χ3n) is 4.39. The molecule has 1 aliphatic rings. The van der Waals surface area contributed by atoms with Crippen molar-refractivity contribution < 1.29 is 4.79 Å². The van der Waals surface area contributed by atoms with E-state index in [2.05, 4.69) is 27.5 Å². The minimum atomic E-state index is -0.408. The summed E-state index contributed by atoms with van der Waals surface area (Å²) in [5.41, 5.74) is 2.25. The van der Waals surface area contributed by atoms with Gasteiger partial charge < -0.3 is 15.1 Å². The second kappa shape index (κ2) is 8.89. The van der Waals surface area contributed by atoms with E-state index in [1.165, 1.54) is 11.8 Å². The SMILES string of the molecule is CN1CCN(c2ccc(NC(=S)NC(=O)c3cc(Cl)ccc3Cl)cc2)CC1. The lowest BCUT2D eigenvalue weighted by Crippen LogP contribution is -2.44. The number of hydrogen-bond donors (Lipinski definition) is 2. The van der Waals surface area contributed by atoms with Crippen molar-refractivity contribution in [2.75, 3.05) is 43.4 Å². The first kappa shape index (κ1) is 19.9. The Kier molecular flexibility index (Phi) is 6.55. The lowest BCUT2D eigenvalue weighted by Gasteiger charge is -2.34. The highest BCUT2D eigenvalue weighted by Crippen LogP contribution is 2.21. The molecule has 5 nitrogen and oxygen atoms in total. The van der Waals surface area contributed by atoms with Crippen molar-refractivity contribution in [1.82, 2.24) is 10.2 Å². The molecule has 3 rings (SSSR count). The van der Waals surface area contributed by atoms with E-state index in [9.17, 15) is 4.79 Å². The maximum atomic E-state index is 12.3. The average Bonchev–Trinajstić information content (AvgIpc) is 2.65. The van der Waals surface area contributed by atoms with E-state index in [0.717, 1.165) is 31.9 Å². The number of thiocarbonyl (C=S) groups is 1. The molecule has 2 N–H and O–H groups in total. The van der Waals surface area contributed by atoms with Gasteiger partial charge in [0, 0.05) is 42.6 Å². The van der Waals surface area contributed by atoms with Gasteiger partial charge in [0.25, 0.3) is 5.91 Å². The zero-order chi connectivity index (χ0) is 19.4. The monoisotopic (exact) mass is 422 g/mol. The Morgan fingerprint density at radius 1 is 1.04 bits per heavy atom. The zero-order valence-corrected chi connectivity index (χ0v) is 17.2. The molecule has 27 heavy (non-hydrogen) atoms. The highest BCUT2D eigenvalue weighted by molar-refractivity contribution is 7.80. The quantitative estimate of drug-likeness (QED) is 0.735. The highest BCUT2D eigenvalue weighted by atomic mass is 35.5. The molecule has 1 amide bonds. The van der Waals surface area contributed by atoms with Crippen LogP contribution in [0.25, 0.3) is 0 Å². The largest absolute Gasteiger partial charge is 0.369 e. The van der Waals surface area contributed by atoms with Crippen LogP contribution in [-0.4, -0.2) is 49.1 Å². The van der Waals surface area contributed by atoms with Gasteiger partial charge in [-0.15, -0.1) is 0 Å². The van der Waals surface area contributed by atoms with E-state index in [1.807, 2.05) is 24.3 Å². The fourth-order valence-electron chi connectivity index (χ4n) is 2.82. The summed E-state index contributed by atoms with van der Waals surface area (Å²) < 4.78 is 0. The van der Waals surface area contributed by atoms with Crippen molar-refractivity contribution in [3.05, 3.63) is 58.1 Å². The molecule has 0 atom stereocenters. The molecule has 1 aliphatic heterocycles. The second-order valence-corrected chi connectivity index (χ2v) is 7.62. The number of nitrogens with one attached hydrogen (secondary N) is 2. The van der Waals surface area contributed by atoms with Crippen molar-refractivity contribution in [2.24, 2.45) is 0 Å². The molecule has 0 bridgehead atoms. The highest BCUT2D eigenvalue weighted by Gasteiger charge is 2.15. The number of nitrogens with zero attached hydrogens (tertiary/aromatic N) is 2. The van der Waals surface area contributed by atoms with Gasteiger partial charge in [-0.1, -0.05) is 23.2 Å². The average molecular weight is 423 g/mol. The lowest BCUT2D eigenvalue weighted by atomic mass is 10.2. The Bertz CT molecular complexity index is 836. The Morgan fingerprint density at radius 2 is 1.70 bits per heavy atom. The van der Waals surface area contributed by atoms with Crippen molar-refractivity contribution in [3.63, 3.8) is 0 Å². The molecule has 0 radical (unpaired) electrons. The summed E-state index contributed by atoms with van der Waals surface area (Å²) in [4.78, 5) is 17.0. The Balaban J connectivity index is 1.57. The van der Waals surface area contributed by atoms with Crippen LogP contribution in [0, 0.1) is 0 Å². The minimum absolute atomic E-state index is 0.198. The fourth-order valence-corrected chi connectivity index (χ4v) is 3.41. The van der Waals surface area contributed by atoms with E-state index in [4.69, 9.17) is 35.4 Å². The molecular formula is C19H20Cl2N4OS. The summed E-state index contributed by atoms with van der Waals surface area (Å²) in [5.74, 6) is -0.408. The van der Waals surface area contributed by atoms with Crippen molar-refractivity contribution >= 4 is 57.8 Å². The van der Waals surface area contributed by atoms with Crippen LogP contribution in [0.3, 0.4) is 0 Å². The van der Waals surface area contributed by atoms with Crippen LogP contribution in [0.1, 0.15) is 10.4 Å². The van der Waals surface area contributed by atoms with Gasteiger partial charge in [-0.05, 0) is 61.7 Å². The molecule has 2 aromatic rings. The summed E-state index contributed by atoms with van der Waals surface area (Å²) in [5, 5.41) is 6.58. The van der Waals surface area contributed by atoms with Gasteiger partial charge >= 0.3 is 0 Å². The zero-order valence-electron chi connectivity index (χ0n) is 14.8. The minimum Gasteiger partial charge on any atom is -0.369 e. The number of anilines is 2. The maximum absolute atomic E-state index is 12.3. The van der Waals surface area contributed by atoms with Crippen LogP contribution in [0.2, 0.25) is 10.0 Å². The number of benzene rings is 2. The number of hydrogen-bond acceptors (Lipinski definition) is 4. The summed E-state index contributed by atoms with van der Waals surface area (Å²) in [7, 11) is 2.14. The van der Waals surface area contributed by atoms with E-state index < -0.39 is 5.91 Å². The molecule has 2 aromatic carbocycles. The maximum Gasteiger partial charge on any atom is 0.258 e. The number of likely N-dealkylation sites (N-methyl/N-ethyl adjacent to an activating group) is 1. The first-order chi connectivity index (χ1) is 12.9. The summed E-state index contributed by atoms with van der Waals surface area (Å²) in [6.07, 6.45) is 0. The molecule has 1 heterocycles. The van der Waals surface area contributed by atoms with Gasteiger partial charge in [0.1, 0.15) is 0 Å². The standard InChI is InChI=1S/C19H20Cl2N4OS/c1-24-8-10-25(11-9-24)15-5-3-14(4-6-15)22-19(27)23-18(26)16-12-13(20)2-7-17(16)21/h2-7,12H,8-11H2,1H3,(H2,22,23,26,27). The molecule has 0 aromatic heterocycles. The summed E-state index contributed by atoms with van der Waals surface area (Å²) in [6.45, 7) is 4.14. The lowest BCUT2D eigenvalue weighted by molar-refractivity contribution is 0.0978. The number of amides is 1. The number of piperazine rings is 1. The molecular weight excluding hydrogens is 403 g/mol. The summed E-state index contributed by atoms with van der Waals surface area (Å²) >= 11 is 17.2. The van der Waals surface area contributed by atoms with E-state index in [1.54, 1.807) is 12.1 Å². The molecule has 142 valence electrons. The third-order valence-corrected chi connectivity index (χ3v) is 5.16. The molecule has 0 unspecified atom stereocenters. The Labute approximate surface area is 174 Å². The predicted molar refractivity (Wildman–Crippen MR) is 116 cm³/mol. The Hall–Kier alpha value is -1.86. The van der Waals surface area contributed by atoms with Crippen LogP contribution in [0.5, 0.6) is 0 Å². The smallest absolute Gasteiger partial charge is 0.258 e. The van der Waals surface area contributed by atoms with E-state index in [-0.39, 0.29) is 10.7 Å². The Morgan fingerprint density at radius 3 is 2.37 bits per heavy atom. The van der Waals surface area contributed by atoms with Crippen molar-refractivity contribution in [1.29, 1.82) is 0 Å². The van der Waals surface area contributed by atoms with Gasteiger partial charge in [0.2, 0.25) is 0 Å². The third kappa shape index (κ3) is 5.32. The molecule has 1 fully saturated rings. The van der Waals surface area contributed by atoms with Crippen LogP contribution >= 0.6 is 35.4 Å². The van der Waals surface area contributed by atoms with Gasteiger partial charge in [-0.25, -0.2) is 0 Å². The number of carbonyl (C=O) groups excluding carboxylic acids is 1. The predicted octanol–water partition coefficient (Wildman–Crippen LogP) is 3.87. The number of halogens is 2. The van der Waals surface area contributed by atoms with Crippen molar-refractivity contribution in [2.45, 2.75) is 0 Å². The molecule has 1 saturated heterocycles. The molecule has 0 aliphatic carbocycles. The topological polar surface area (TPSA) is 47.6 Å². The molecule has 8 heteroatoms. The van der Waals surface area contributed by atoms with Gasteiger partial charge in [-0.3, -0.25) is 10.1 Å². The molecule has 0 spiro atoms. The normalized spacial score (nSPS) is 14.7. The number of rotatable bonds is 3. The van der Waals surface area contributed by atoms with Gasteiger partial charge in [0.15, 0.2) is 5.11 Å². The molecule has 0 saturated carbocycles. The first-order valence-corrected chi connectivity index (χ1v) is 9.70. The summed E-state index contributed by atoms with van der Waals surface area (Å²) in [6, 6.07) is 12.7. The van der Waals surface area contributed by atoms with Gasteiger partial charge in [0.05, 0.1) is 10.6 Å². The van der Waals surface area contributed by atoms with Crippen LogP contribution < -0.4 is 15.5 Å². The fraction of sp³-hybridized carbons (Fsp3) is 0.263. The second-order valence-electron chi connectivity index (χ2n) is 6.37. The van der Waals surface area contributed by atoms with Crippen molar-refractivity contribution in [3.8, 4) is 0 Å². The van der Waals surface area contributed by atoms with Crippen LogP contribution in [-0.2, 0) is 0 Å². The first-order valence-electron chi connectivity index (χ1n) is 8.53. The van der Waals surface area contributed by atoms with E-state index in [0.29, 0.717) is 10.0 Å². The van der Waals surface area contributed by atoms with Crippen LogP contribution in [0.15, 0.2) is 42.5 Å². The van der Waals surface area contributed by atoms with E-state index >= 15 is 0 Å². The van der Waals surface area contributed by atoms with Gasteiger partial charge in [-0.2, -0.15) is 0 Å². The number of carbonyl (C=O) groups is 1.